The molecule has 152 valence electrons. The quantitative estimate of drug-likeness (QED) is 0.474. The van der Waals surface area contributed by atoms with Crippen molar-refractivity contribution in [2.45, 2.75) is 12.5 Å². The summed E-state index contributed by atoms with van der Waals surface area (Å²) in [6.45, 7) is 0.533. The zero-order valence-corrected chi connectivity index (χ0v) is 17.0. The van der Waals surface area contributed by atoms with E-state index in [0.29, 0.717) is 28.7 Å². The molecule has 5 aromatic rings. The number of H-pyrrole nitrogens is 1. The van der Waals surface area contributed by atoms with E-state index in [1.54, 1.807) is 17.4 Å². The van der Waals surface area contributed by atoms with Gasteiger partial charge in [0, 0.05) is 31.1 Å². The van der Waals surface area contributed by atoms with Gasteiger partial charge < -0.3 is 9.88 Å². The third-order valence-corrected chi connectivity index (χ3v) is 6.28. The average Bonchev–Trinajstić information content (AvgIpc) is 3.57. The molecule has 1 aliphatic heterocycles. The van der Waals surface area contributed by atoms with Gasteiger partial charge in [0.25, 0.3) is 5.91 Å². The molecule has 0 radical (unpaired) electrons. The smallest absolute Gasteiger partial charge is 0.285 e. The van der Waals surface area contributed by atoms with Crippen molar-refractivity contribution in [3.63, 3.8) is 0 Å². The van der Waals surface area contributed by atoms with Crippen LogP contribution in [0.25, 0.3) is 16.2 Å². The van der Waals surface area contributed by atoms with E-state index in [9.17, 15) is 4.79 Å². The van der Waals surface area contributed by atoms with Crippen LogP contribution in [-0.4, -0.2) is 52.1 Å². The van der Waals surface area contributed by atoms with E-state index in [2.05, 4.69) is 25.1 Å². The summed E-state index contributed by atoms with van der Waals surface area (Å²) in [5.41, 5.74) is 4.27. The molecular weight excluding hydrogens is 412 g/mol. The Morgan fingerprint density at radius 2 is 2.06 bits per heavy atom. The van der Waals surface area contributed by atoms with Crippen molar-refractivity contribution in [3.05, 3.63) is 83.3 Å². The number of hydrogen-bond acceptors (Lipinski definition) is 7. The van der Waals surface area contributed by atoms with Crippen molar-refractivity contribution in [2.24, 2.45) is 0 Å². The van der Waals surface area contributed by atoms with Gasteiger partial charge in [-0.15, -0.1) is 10.2 Å². The number of nitrogens with one attached hydrogen (secondary N) is 1. The number of nitrogens with zero attached hydrogens (tertiary/aromatic N) is 7. The van der Waals surface area contributed by atoms with Gasteiger partial charge in [0.05, 0.1) is 23.2 Å². The van der Waals surface area contributed by atoms with Crippen LogP contribution in [0.4, 0.5) is 0 Å². The highest BCUT2D eigenvalue weighted by Crippen LogP contribution is 2.35. The molecular formula is C21H16N8OS. The summed E-state index contributed by atoms with van der Waals surface area (Å²) in [6.07, 6.45) is 5.95. The molecule has 1 aliphatic rings. The Morgan fingerprint density at radius 1 is 1.13 bits per heavy atom. The molecule has 0 unspecified atom stereocenters. The Bertz CT molecular complexity index is 1360. The second-order valence-electron chi connectivity index (χ2n) is 7.18. The molecule has 6 heterocycles. The first-order valence-electron chi connectivity index (χ1n) is 9.80. The predicted molar refractivity (Wildman–Crippen MR) is 114 cm³/mol. The number of imidazole rings is 1. The molecule has 1 amide bonds. The Balaban J connectivity index is 1.40. The van der Waals surface area contributed by atoms with Gasteiger partial charge in [0.2, 0.25) is 5.01 Å². The molecule has 0 saturated carbocycles. The minimum absolute atomic E-state index is 0.185. The zero-order chi connectivity index (χ0) is 20.8. The number of aromatic nitrogens is 7. The molecule has 0 saturated heterocycles. The number of rotatable bonds is 3. The van der Waals surface area contributed by atoms with Crippen molar-refractivity contribution in [3.8, 4) is 10.7 Å². The lowest BCUT2D eigenvalue weighted by atomic mass is 9.99. The highest BCUT2D eigenvalue weighted by molar-refractivity contribution is 7.16. The monoisotopic (exact) mass is 428 g/mol. The fourth-order valence-electron chi connectivity index (χ4n) is 3.91. The maximum absolute atomic E-state index is 13.5. The average molecular weight is 428 g/mol. The number of pyridine rings is 2. The van der Waals surface area contributed by atoms with E-state index in [4.69, 9.17) is 5.10 Å². The van der Waals surface area contributed by atoms with Crippen molar-refractivity contribution < 1.29 is 4.79 Å². The second-order valence-corrected chi connectivity index (χ2v) is 8.16. The van der Waals surface area contributed by atoms with Gasteiger partial charge in [-0.25, -0.2) is 9.50 Å². The van der Waals surface area contributed by atoms with E-state index in [1.807, 2.05) is 53.2 Å². The normalized spacial score (nSPS) is 15.9. The fraction of sp³-hybridized carbons (Fsp3) is 0.143. The van der Waals surface area contributed by atoms with Crippen LogP contribution >= 0.6 is 11.3 Å². The maximum Gasteiger partial charge on any atom is 0.285 e. The fourth-order valence-corrected chi connectivity index (χ4v) is 4.69. The largest absolute Gasteiger partial charge is 0.348 e. The molecule has 10 heteroatoms. The standard InChI is InChI=1S/C21H16N8OS/c30-21(20-26-25-19(31-20)15-6-1-3-8-22-15)28-10-7-14-17(24-12-23-14)18(28)16-11-13-5-2-4-9-29(13)27-16/h1-6,8-9,11-12,18H,7,10H2,(H,23,24)/t18-/m0/s1. The summed E-state index contributed by atoms with van der Waals surface area (Å²) >= 11 is 1.24. The molecule has 0 aromatic carbocycles. The number of aromatic amines is 1. The summed E-state index contributed by atoms with van der Waals surface area (Å²) in [6, 6.07) is 13.0. The molecule has 0 bridgehead atoms. The second kappa shape index (κ2) is 7.10. The summed E-state index contributed by atoms with van der Waals surface area (Å²) in [5, 5.41) is 14.0. The van der Waals surface area contributed by atoms with Crippen molar-refractivity contribution in [2.75, 3.05) is 6.54 Å². The molecule has 9 nitrogen and oxygen atoms in total. The Hall–Kier alpha value is -3.92. The van der Waals surface area contributed by atoms with E-state index >= 15 is 0 Å². The van der Waals surface area contributed by atoms with Gasteiger partial charge in [-0.3, -0.25) is 9.78 Å². The summed E-state index contributed by atoms with van der Waals surface area (Å²) in [7, 11) is 0. The minimum Gasteiger partial charge on any atom is -0.348 e. The third-order valence-electron chi connectivity index (χ3n) is 5.35. The number of amides is 1. The first-order chi connectivity index (χ1) is 15.3. The minimum atomic E-state index is -0.399. The SMILES string of the molecule is O=C(c1nnc(-c2ccccn2)s1)N1CCc2[nH]cnc2[C@@H]1c1cc2ccccn2n1. The number of hydrogen-bond donors (Lipinski definition) is 1. The van der Waals surface area contributed by atoms with Crippen LogP contribution in [0.1, 0.15) is 32.9 Å². The number of fused-ring (bicyclic) bond motifs is 2. The number of carbonyl (C=O) groups excluding carboxylic acids is 1. The molecule has 1 N–H and O–H groups in total. The Kier molecular flexibility index (Phi) is 4.10. The molecule has 6 rings (SSSR count). The lowest BCUT2D eigenvalue weighted by molar-refractivity contribution is 0.0685. The van der Waals surface area contributed by atoms with Crippen LogP contribution in [-0.2, 0) is 6.42 Å². The van der Waals surface area contributed by atoms with Gasteiger partial charge in [-0.1, -0.05) is 23.5 Å². The zero-order valence-electron chi connectivity index (χ0n) is 16.2. The van der Waals surface area contributed by atoms with Crippen molar-refractivity contribution in [1.29, 1.82) is 0 Å². The van der Waals surface area contributed by atoms with Crippen LogP contribution in [0.3, 0.4) is 0 Å². The predicted octanol–water partition coefficient (Wildman–Crippen LogP) is 2.76. The summed E-state index contributed by atoms with van der Waals surface area (Å²) in [4.78, 5) is 27.3. The summed E-state index contributed by atoms with van der Waals surface area (Å²) < 4.78 is 1.81. The number of carbonyl (C=O) groups is 1. The topological polar surface area (TPSA) is 105 Å². The van der Waals surface area contributed by atoms with Crippen molar-refractivity contribution in [1.82, 2.24) is 39.7 Å². The summed E-state index contributed by atoms with van der Waals surface area (Å²) in [5.74, 6) is -0.185. The van der Waals surface area contributed by atoms with Crippen LogP contribution in [0.15, 0.2) is 61.2 Å². The van der Waals surface area contributed by atoms with E-state index in [0.717, 1.165) is 22.6 Å². The van der Waals surface area contributed by atoms with Crippen LogP contribution in [0, 0.1) is 0 Å². The van der Waals surface area contributed by atoms with E-state index in [1.165, 1.54) is 11.3 Å². The van der Waals surface area contributed by atoms with E-state index in [-0.39, 0.29) is 5.91 Å². The third kappa shape index (κ3) is 2.99. The first kappa shape index (κ1) is 17.9. The lowest BCUT2D eigenvalue weighted by Gasteiger charge is -2.33. The van der Waals surface area contributed by atoms with Crippen molar-refractivity contribution >= 4 is 22.8 Å². The molecule has 0 fully saturated rings. The van der Waals surface area contributed by atoms with Gasteiger partial charge >= 0.3 is 0 Å². The van der Waals surface area contributed by atoms with Crippen LogP contribution < -0.4 is 0 Å². The van der Waals surface area contributed by atoms with Gasteiger partial charge in [0.1, 0.15) is 11.7 Å². The molecule has 1 atom stereocenters. The first-order valence-corrected chi connectivity index (χ1v) is 10.6. The van der Waals surface area contributed by atoms with Crippen LogP contribution in [0.5, 0.6) is 0 Å². The maximum atomic E-state index is 13.5. The molecule has 0 spiro atoms. The molecule has 31 heavy (non-hydrogen) atoms. The highest BCUT2D eigenvalue weighted by atomic mass is 32.1. The van der Waals surface area contributed by atoms with Gasteiger partial charge in [-0.05, 0) is 30.3 Å². The molecule has 5 aromatic heterocycles. The van der Waals surface area contributed by atoms with Gasteiger partial charge in [-0.2, -0.15) is 5.10 Å². The van der Waals surface area contributed by atoms with Crippen LogP contribution in [0.2, 0.25) is 0 Å². The van der Waals surface area contributed by atoms with E-state index < -0.39 is 6.04 Å². The van der Waals surface area contributed by atoms with Gasteiger partial charge in [0.15, 0.2) is 5.01 Å². The Morgan fingerprint density at radius 3 is 2.94 bits per heavy atom. The lowest BCUT2D eigenvalue weighted by Crippen LogP contribution is -2.41. The Labute approximate surface area is 180 Å². The molecule has 0 aliphatic carbocycles. The highest BCUT2D eigenvalue weighted by Gasteiger charge is 2.37.